The van der Waals surface area contributed by atoms with Crippen molar-refractivity contribution in [1.82, 2.24) is 9.55 Å². The van der Waals surface area contributed by atoms with Gasteiger partial charge in [0.15, 0.2) is 0 Å². The van der Waals surface area contributed by atoms with Crippen molar-refractivity contribution in [3.63, 3.8) is 0 Å². The third kappa shape index (κ3) is 8.03. The van der Waals surface area contributed by atoms with Crippen LogP contribution in [-0.4, -0.2) is 9.55 Å². The summed E-state index contributed by atoms with van der Waals surface area (Å²) in [5.74, 6) is 1.89. The molecule has 8 aromatic rings. The van der Waals surface area contributed by atoms with Crippen LogP contribution in [-0.2, 0) is 37.3 Å². The maximum absolute atomic E-state index is 9.79. The van der Waals surface area contributed by atoms with Crippen LogP contribution in [0.5, 0.6) is 11.5 Å². The van der Waals surface area contributed by atoms with E-state index in [2.05, 4.69) is 186 Å². The van der Waals surface area contributed by atoms with Gasteiger partial charge in [-0.2, -0.15) is 17.4 Å². The van der Waals surface area contributed by atoms with E-state index in [0.717, 1.165) is 55.9 Å². The number of pyridine rings is 1. The van der Waals surface area contributed by atoms with Crippen molar-refractivity contribution >= 4 is 44.6 Å². The summed E-state index contributed by atoms with van der Waals surface area (Å²) in [6.45, 7) is 22.4. The molecule has 1 aliphatic rings. The zero-order chi connectivity index (χ0) is 42.8. The summed E-state index contributed by atoms with van der Waals surface area (Å²) in [6.07, 6.45) is 1.86. The molecular formula is C55H50N5OPt-3. The summed E-state index contributed by atoms with van der Waals surface area (Å²) in [6, 6.07) is 53.7. The van der Waals surface area contributed by atoms with Crippen molar-refractivity contribution in [2.45, 2.75) is 78.6 Å². The SMILES string of the molecule is CC(C)(C)c1cc(N2[CH-]N(c3[c-]c(Oc4[c-]c5c(cc4)c4cc(C#N)ccc4n5-c4cc(C(C)(C)C)ccn4)ccc3)c3ccc(-c4ccccc4)cc32)cc(C(C)(C)C)c1.[Pt]. The molecule has 2 aromatic heterocycles. The molecule has 0 unspecified atom stereocenters. The molecule has 0 N–H and O–H groups in total. The van der Waals surface area contributed by atoms with Gasteiger partial charge in [-0.25, -0.2) is 4.98 Å². The van der Waals surface area contributed by atoms with Crippen LogP contribution < -0.4 is 14.5 Å². The largest absolute Gasteiger partial charge is 0.509 e. The molecular weight excluding hydrogens is 942 g/mol. The molecule has 6 aromatic carbocycles. The molecule has 0 saturated heterocycles. The fraction of sp³-hybridized carbons (Fsp3) is 0.218. The van der Waals surface area contributed by atoms with Crippen molar-refractivity contribution in [3.05, 3.63) is 175 Å². The Hall–Kier alpha value is -6.15. The van der Waals surface area contributed by atoms with Crippen LogP contribution in [0.15, 0.2) is 134 Å². The van der Waals surface area contributed by atoms with Crippen LogP contribution in [0.25, 0.3) is 38.8 Å². The summed E-state index contributed by atoms with van der Waals surface area (Å²) in [4.78, 5) is 9.34. The number of hydrogen-bond donors (Lipinski definition) is 0. The number of aromatic nitrogens is 2. The number of rotatable bonds is 6. The minimum Gasteiger partial charge on any atom is -0.509 e. The van der Waals surface area contributed by atoms with Crippen LogP contribution >= 0.6 is 0 Å². The van der Waals surface area contributed by atoms with Crippen LogP contribution in [0.4, 0.5) is 22.7 Å². The van der Waals surface area contributed by atoms with E-state index in [-0.39, 0.29) is 37.3 Å². The fourth-order valence-electron chi connectivity index (χ4n) is 8.04. The Labute approximate surface area is 380 Å². The first-order valence-corrected chi connectivity index (χ1v) is 20.9. The molecule has 1 aliphatic heterocycles. The number of fused-ring (bicyclic) bond motifs is 4. The van der Waals surface area contributed by atoms with E-state index in [9.17, 15) is 5.26 Å². The summed E-state index contributed by atoms with van der Waals surface area (Å²) < 4.78 is 8.74. The Kier molecular flexibility index (Phi) is 10.9. The Bertz CT molecular complexity index is 2980. The Balaban J connectivity index is 0.00000529. The van der Waals surface area contributed by atoms with Crippen molar-refractivity contribution < 1.29 is 25.8 Å². The average molecular weight is 992 g/mol. The first-order valence-electron chi connectivity index (χ1n) is 20.9. The van der Waals surface area contributed by atoms with E-state index in [1.807, 2.05) is 48.7 Å². The van der Waals surface area contributed by atoms with Gasteiger partial charge in [0.25, 0.3) is 0 Å². The molecule has 6 nitrogen and oxygen atoms in total. The van der Waals surface area contributed by atoms with Gasteiger partial charge in [-0.3, -0.25) is 0 Å². The molecule has 0 atom stereocenters. The van der Waals surface area contributed by atoms with Gasteiger partial charge in [-0.1, -0.05) is 110 Å². The van der Waals surface area contributed by atoms with Crippen LogP contribution in [0.1, 0.15) is 84.6 Å². The Morgan fingerprint density at radius 2 is 1.31 bits per heavy atom. The van der Waals surface area contributed by atoms with Gasteiger partial charge in [0.2, 0.25) is 0 Å². The van der Waals surface area contributed by atoms with Crippen LogP contribution in [0.2, 0.25) is 0 Å². The third-order valence-electron chi connectivity index (χ3n) is 11.6. The quantitative estimate of drug-likeness (QED) is 0.155. The molecule has 3 heterocycles. The second-order valence-corrected chi connectivity index (χ2v) is 19.1. The molecule has 0 fully saturated rings. The molecule has 0 spiro atoms. The van der Waals surface area contributed by atoms with Gasteiger partial charge >= 0.3 is 0 Å². The minimum atomic E-state index is -0.0659. The predicted molar refractivity (Wildman–Crippen MR) is 250 cm³/mol. The standard InChI is InChI=1S/C55H50N5O.Pt/c1-53(2,3)39-24-25-57-52(31-39)60-48-22-18-36(34-56)26-47(48)46-21-20-45(33-50(46)60)61-44-17-13-16-42(32-44)58-35-59(43-29-40(54(4,5)6)28-41(30-43)55(7,8)9)51-27-38(19-23-49(51)58)37-14-11-10-12-15-37;/h10-31,35H,1-9H3;/q-3;. The maximum atomic E-state index is 9.79. The van der Waals surface area contributed by atoms with E-state index in [4.69, 9.17) is 9.72 Å². The molecule has 314 valence electrons. The van der Waals surface area contributed by atoms with E-state index in [0.29, 0.717) is 17.1 Å². The molecule has 0 radical (unpaired) electrons. The second-order valence-electron chi connectivity index (χ2n) is 19.1. The van der Waals surface area contributed by atoms with Crippen molar-refractivity contribution in [1.29, 1.82) is 5.26 Å². The summed E-state index contributed by atoms with van der Waals surface area (Å²) >= 11 is 0. The summed E-state index contributed by atoms with van der Waals surface area (Å²) in [5, 5.41) is 11.7. The summed E-state index contributed by atoms with van der Waals surface area (Å²) in [5.41, 5.74) is 12.4. The average Bonchev–Trinajstić information content (AvgIpc) is 3.78. The van der Waals surface area contributed by atoms with Crippen molar-refractivity contribution in [2.75, 3.05) is 9.80 Å². The molecule has 7 heteroatoms. The normalized spacial score (nSPS) is 13.0. The maximum Gasteiger partial charge on any atom is 0.135 e. The smallest absolute Gasteiger partial charge is 0.135 e. The number of hydrogen-bond acceptors (Lipinski definition) is 5. The zero-order valence-electron chi connectivity index (χ0n) is 36.7. The first-order chi connectivity index (χ1) is 29.0. The van der Waals surface area contributed by atoms with Crippen LogP contribution in [0.3, 0.4) is 0 Å². The molecule has 9 rings (SSSR count). The van der Waals surface area contributed by atoms with Crippen molar-refractivity contribution in [2.24, 2.45) is 0 Å². The van der Waals surface area contributed by atoms with Gasteiger partial charge in [-0.15, -0.1) is 48.1 Å². The molecule has 62 heavy (non-hydrogen) atoms. The number of nitrogens with zero attached hydrogens (tertiary/aromatic N) is 5. The van der Waals surface area contributed by atoms with Crippen LogP contribution in [0, 0.1) is 30.1 Å². The Morgan fingerprint density at radius 1 is 0.597 bits per heavy atom. The van der Waals surface area contributed by atoms with Gasteiger partial charge in [0, 0.05) is 61.3 Å². The van der Waals surface area contributed by atoms with E-state index in [1.165, 1.54) is 22.3 Å². The van der Waals surface area contributed by atoms with E-state index in [1.54, 1.807) is 0 Å². The Morgan fingerprint density at radius 3 is 2.00 bits per heavy atom. The van der Waals surface area contributed by atoms with E-state index >= 15 is 0 Å². The number of nitriles is 1. The molecule has 0 aliphatic carbocycles. The monoisotopic (exact) mass is 991 g/mol. The zero-order valence-corrected chi connectivity index (χ0v) is 39.0. The number of anilines is 4. The first kappa shape index (κ1) is 42.5. The van der Waals surface area contributed by atoms with Gasteiger partial charge in [0.05, 0.1) is 11.6 Å². The topological polar surface area (TPSA) is 57.3 Å². The molecule has 0 saturated carbocycles. The van der Waals surface area contributed by atoms with E-state index < -0.39 is 0 Å². The third-order valence-corrected chi connectivity index (χ3v) is 11.6. The minimum absolute atomic E-state index is 0. The number of benzene rings is 6. The van der Waals surface area contributed by atoms with Crippen molar-refractivity contribution in [3.8, 4) is 34.5 Å². The predicted octanol–water partition coefficient (Wildman–Crippen LogP) is 14.4. The second kappa shape index (κ2) is 16.0. The molecule has 0 amide bonds. The number of ether oxygens (including phenoxy) is 1. The molecule has 0 bridgehead atoms. The van der Waals surface area contributed by atoms with Gasteiger partial charge in [0.1, 0.15) is 5.82 Å². The van der Waals surface area contributed by atoms with Gasteiger partial charge in [-0.05, 0) is 104 Å². The fourth-order valence-corrected chi connectivity index (χ4v) is 8.04. The summed E-state index contributed by atoms with van der Waals surface area (Å²) in [7, 11) is 0. The van der Waals surface area contributed by atoms with Gasteiger partial charge < -0.3 is 19.1 Å².